The summed E-state index contributed by atoms with van der Waals surface area (Å²) in [6.45, 7) is 2.81. The Kier molecular flexibility index (Phi) is 4.89. The first-order valence-corrected chi connectivity index (χ1v) is 5.64. The zero-order valence-electron chi connectivity index (χ0n) is 10.2. The van der Waals surface area contributed by atoms with Crippen LogP contribution in [0.5, 0.6) is 5.88 Å². The highest BCUT2D eigenvalue weighted by Gasteiger charge is 2.27. The Morgan fingerprint density at radius 2 is 2.29 bits per heavy atom. The van der Waals surface area contributed by atoms with Crippen LogP contribution in [0.2, 0.25) is 0 Å². The molecule has 7 heteroatoms. The Bertz CT molecular complexity index is 389. The van der Waals surface area contributed by atoms with Crippen molar-refractivity contribution in [1.29, 1.82) is 0 Å². The SMILES string of the molecule is CCCc1nn(C)c(OCCCN)c1[N+](=O)[O-]. The number of nitrogens with two attached hydrogens (primary N) is 1. The van der Waals surface area contributed by atoms with Gasteiger partial charge >= 0.3 is 5.69 Å². The van der Waals surface area contributed by atoms with Gasteiger partial charge in [0.1, 0.15) is 5.69 Å². The van der Waals surface area contributed by atoms with Crippen molar-refractivity contribution in [3.05, 3.63) is 15.8 Å². The van der Waals surface area contributed by atoms with Gasteiger partial charge in [0.15, 0.2) is 0 Å². The molecule has 0 aliphatic carbocycles. The number of aromatic nitrogens is 2. The van der Waals surface area contributed by atoms with Crippen LogP contribution in [0.4, 0.5) is 5.69 Å². The van der Waals surface area contributed by atoms with Gasteiger partial charge in [0.2, 0.25) is 0 Å². The molecule has 0 unspecified atom stereocenters. The molecule has 0 bridgehead atoms. The van der Waals surface area contributed by atoms with Crippen LogP contribution in [-0.2, 0) is 13.5 Å². The maximum absolute atomic E-state index is 11.0. The first kappa shape index (κ1) is 13.4. The maximum Gasteiger partial charge on any atom is 0.353 e. The predicted molar refractivity (Wildman–Crippen MR) is 63.0 cm³/mol. The highest BCUT2D eigenvalue weighted by Crippen LogP contribution is 2.31. The second-order valence-corrected chi connectivity index (χ2v) is 3.72. The summed E-state index contributed by atoms with van der Waals surface area (Å²) in [6, 6.07) is 0. The Labute approximate surface area is 99.7 Å². The summed E-state index contributed by atoms with van der Waals surface area (Å²) in [5.41, 5.74) is 5.80. The molecular formula is C10H18N4O3. The van der Waals surface area contributed by atoms with Crippen molar-refractivity contribution in [3.8, 4) is 5.88 Å². The third-order valence-corrected chi connectivity index (χ3v) is 2.30. The highest BCUT2D eigenvalue weighted by atomic mass is 16.6. The number of aryl methyl sites for hydroxylation is 2. The van der Waals surface area contributed by atoms with E-state index < -0.39 is 4.92 Å². The summed E-state index contributed by atoms with van der Waals surface area (Å²) < 4.78 is 6.79. The summed E-state index contributed by atoms with van der Waals surface area (Å²) in [6.07, 6.45) is 2.04. The summed E-state index contributed by atoms with van der Waals surface area (Å²) in [5, 5.41) is 15.1. The lowest BCUT2D eigenvalue weighted by Crippen LogP contribution is -2.09. The molecule has 0 saturated heterocycles. The van der Waals surface area contributed by atoms with Crippen LogP contribution < -0.4 is 10.5 Å². The zero-order chi connectivity index (χ0) is 12.8. The molecule has 0 aromatic carbocycles. The quantitative estimate of drug-likeness (QED) is 0.437. The van der Waals surface area contributed by atoms with E-state index in [1.807, 2.05) is 6.92 Å². The molecule has 17 heavy (non-hydrogen) atoms. The smallest absolute Gasteiger partial charge is 0.353 e. The third kappa shape index (κ3) is 3.16. The van der Waals surface area contributed by atoms with Crippen molar-refractivity contribution in [2.24, 2.45) is 12.8 Å². The van der Waals surface area contributed by atoms with Crippen LogP contribution in [0, 0.1) is 10.1 Å². The van der Waals surface area contributed by atoms with Gasteiger partial charge in [-0.25, -0.2) is 4.68 Å². The molecule has 0 aliphatic heterocycles. The first-order valence-electron chi connectivity index (χ1n) is 5.64. The molecule has 1 heterocycles. The number of hydrogen-bond donors (Lipinski definition) is 1. The maximum atomic E-state index is 11.0. The van der Waals surface area contributed by atoms with Crippen LogP contribution in [0.3, 0.4) is 0 Å². The fourth-order valence-electron chi connectivity index (χ4n) is 1.55. The van der Waals surface area contributed by atoms with Crippen molar-refractivity contribution in [2.75, 3.05) is 13.2 Å². The van der Waals surface area contributed by atoms with Crippen LogP contribution in [-0.4, -0.2) is 27.9 Å². The second-order valence-electron chi connectivity index (χ2n) is 3.72. The lowest BCUT2D eigenvalue weighted by atomic mass is 10.2. The number of ether oxygens (including phenoxy) is 1. The fourth-order valence-corrected chi connectivity index (χ4v) is 1.55. The molecule has 0 saturated carbocycles. The topological polar surface area (TPSA) is 96.2 Å². The largest absolute Gasteiger partial charge is 0.473 e. The van der Waals surface area contributed by atoms with Gasteiger partial charge in [-0.3, -0.25) is 10.1 Å². The molecule has 0 amide bonds. The highest BCUT2D eigenvalue weighted by molar-refractivity contribution is 5.46. The molecule has 2 N–H and O–H groups in total. The third-order valence-electron chi connectivity index (χ3n) is 2.30. The average molecular weight is 242 g/mol. The van der Waals surface area contributed by atoms with Crippen molar-refractivity contribution < 1.29 is 9.66 Å². The fraction of sp³-hybridized carbons (Fsp3) is 0.700. The molecule has 1 aromatic heterocycles. The number of hydrogen-bond acceptors (Lipinski definition) is 5. The monoisotopic (exact) mass is 242 g/mol. The zero-order valence-corrected chi connectivity index (χ0v) is 10.2. The van der Waals surface area contributed by atoms with Crippen molar-refractivity contribution in [2.45, 2.75) is 26.2 Å². The first-order chi connectivity index (χ1) is 8.11. The van der Waals surface area contributed by atoms with E-state index in [9.17, 15) is 10.1 Å². The normalized spacial score (nSPS) is 10.5. The lowest BCUT2D eigenvalue weighted by molar-refractivity contribution is -0.386. The molecule has 96 valence electrons. The Balaban J connectivity index is 2.96. The average Bonchev–Trinajstić information content (AvgIpc) is 2.56. The van der Waals surface area contributed by atoms with Gasteiger partial charge in [0, 0.05) is 7.05 Å². The van der Waals surface area contributed by atoms with Crippen molar-refractivity contribution >= 4 is 5.69 Å². The molecule has 0 fully saturated rings. The van der Waals surface area contributed by atoms with E-state index in [-0.39, 0.29) is 11.6 Å². The van der Waals surface area contributed by atoms with Gasteiger partial charge in [-0.15, -0.1) is 0 Å². The van der Waals surface area contributed by atoms with Crippen LogP contribution in [0.25, 0.3) is 0 Å². The summed E-state index contributed by atoms with van der Waals surface area (Å²) >= 11 is 0. The summed E-state index contributed by atoms with van der Waals surface area (Å²) in [4.78, 5) is 10.6. The molecular weight excluding hydrogens is 224 g/mol. The van der Waals surface area contributed by atoms with Crippen molar-refractivity contribution in [3.63, 3.8) is 0 Å². The Morgan fingerprint density at radius 3 is 2.82 bits per heavy atom. The minimum absolute atomic E-state index is 0.0219. The molecule has 1 aromatic rings. The Hall–Kier alpha value is -1.63. The van der Waals surface area contributed by atoms with E-state index in [1.54, 1.807) is 7.05 Å². The van der Waals surface area contributed by atoms with Gasteiger partial charge in [0.25, 0.3) is 5.88 Å². The van der Waals surface area contributed by atoms with Gasteiger partial charge in [-0.2, -0.15) is 5.10 Å². The Morgan fingerprint density at radius 1 is 1.59 bits per heavy atom. The molecule has 0 aliphatic rings. The van der Waals surface area contributed by atoms with E-state index in [2.05, 4.69) is 5.10 Å². The van der Waals surface area contributed by atoms with Crippen molar-refractivity contribution in [1.82, 2.24) is 9.78 Å². The minimum atomic E-state index is -0.435. The van der Waals surface area contributed by atoms with E-state index in [4.69, 9.17) is 10.5 Å². The second kappa shape index (κ2) is 6.19. The van der Waals surface area contributed by atoms with Crippen LogP contribution >= 0.6 is 0 Å². The van der Waals surface area contributed by atoms with Gasteiger partial charge < -0.3 is 10.5 Å². The lowest BCUT2D eigenvalue weighted by Gasteiger charge is -2.03. The molecule has 7 nitrogen and oxygen atoms in total. The van der Waals surface area contributed by atoms with E-state index >= 15 is 0 Å². The van der Waals surface area contributed by atoms with Crippen LogP contribution in [0.15, 0.2) is 0 Å². The molecule has 0 spiro atoms. The molecule has 0 atom stereocenters. The van der Waals surface area contributed by atoms with Crippen LogP contribution in [0.1, 0.15) is 25.5 Å². The summed E-state index contributed by atoms with van der Waals surface area (Å²) in [7, 11) is 1.64. The van der Waals surface area contributed by atoms with Gasteiger partial charge in [-0.1, -0.05) is 13.3 Å². The standard InChI is InChI=1S/C10H18N4O3/c1-3-5-8-9(14(15)16)10(13(2)12-8)17-7-4-6-11/h3-7,11H2,1-2H3. The predicted octanol–water partition coefficient (Wildman–Crippen LogP) is 1.01. The number of rotatable bonds is 7. The molecule has 1 rings (SSSR count). The number of nitrogens with zero attached hydrogens (tertiary/aromatic N) is 3. The van der Waals surface area contributed by atoms with E-state index in [1.165, 1.54) is 4.68 Å². The number of nitro groups is 1. The minimum Gasteiger partial charge on any atom is -0.473 e. The van der Waals surface area contributed by atoms with Gasteiger partial charge in [0.05, 0.1) is 11.5 Å². The summed E-state index contributed by atoms with van der Waals surface area (Å²) in [5.74, 6) is 0.215. The molecule has 0 radical (unpaired) electrons. The van der Waals surface area contributed by atoms with Gasteiger partial charge in [-0.05, 0) is 19.4 Å². The van der Waals surface area contributed by atoms with E-state index in [0.29, 0.717) is 31.7 Å². The van der Waals surface area contributed by atoms with E-state index in [0.717, 1.165) is 6.42 Å².